The molecule has 1 rings (SSSR count). The standard InChI is InChI=1S/C17H31NO2/c1-4-6-10-15(5-2)17(20)18-12-9-7-8-11-16(18)13-14(3)19/h15-16H,4-13H2,1-3H3. The Balaban J connectivity index is 2.74. The van der Waals surface area contributed by atoms with Gasteiger partial charge in [-0.1, -0.05) is 39.5 Å². The number of ketones is 1. The zero-order valence-electron chi connectivity index (χ0n) is 13.5. The summed E-state index contributed by atoms with van der Waals surface area (Å²) in [6, 6.07) is 0.151. The lowest BCUT2D eigenvalue weighted by molar-refractivity contribution is -0.139. The highest BCUT2D eigenvalue weighted by Crippen LogP contribution is 2.24. The number of hydrogen-bond acceptors (Lipinski definition) is 2. The first kappa shape index (κ1) is 17.2. The molecule has 1 saturated heterocycles. The maximum absolute atomic E-state index is 12.8. The van der Waals surface area contributed by atoms with Crippen molar-refractivity contribution < 1.29 is 9.59 Å². The van der Waals surface area contributed by atoms with Crippen molar-refractivity contribution in [3.63, 3.8) is 0 Å². The van der Waals surface area contributed by atoms with Crippen LogP contribution in [0.15, 0.2) is 0 Å². The molecule has 0 radical (unpaired) electrons. The molecule has 0 bridgehead atoms. The summed E-state index contributed by atoms with van der Waals surface area (Å²) >= 11 is 0. The van der Waals surface area contributed by atoms with E-state index in [0.29, 0.717) is 12.3 Å². The SMILES string of the molecule is CCCCC(CC)C(=O)N1CCCCCC1CC(C)=O. The van der Waals surface area contributed by atoms with Gasteiger partial charge in [-0.05, 0) is 32.6 Å². The second-order valence-electron chi connectivity index (χ2n) is 6.19. The maximum atomic E-state index is 12.8. The molecule has 116 valence electrons. The van der Waals surface area contributed by atoms with E-state index >= 15 is 0 Å². The molecule has 0 spiro atoms. The van der Waals surface area contributed by atoms with Gasteiger partial charge in [-0.2, -0.15) is 0 Å². The second kappa shape index (κ2) is 9.15. The van der Waals surface area contributed by atoms with Crippen LogP contribution in [0.3, 0.4) is 0 Å². The van der Waals surface area contributed by atoms with Crippen LogP contribution in [0.1, 0.15) is 78.6 Å². The molecular weight excluding hydrogens is 250 g/mol. The molecule has 3 heteroatoms. The number of hydrogen-bond donors (Lipinski definition) is 0. The molecule has 1 amide bonds. The van der Waals surface area contributed by atoms with Gasteiger partial charge < -0.3 is 4.90 Å². The van der Waals surface area contributed by atoms with E-state index in [1.54, 1.807) is 6.92 Å². The molecule has 2 unspecified atom stereocenters. The van der Waals surface area contributed by atoms with Gasteiger partial charge in [-0.15, -0.1) is 0 Å². The minimum Gasteiger partial charge on any atom is -0.339 e. The molecule has 0 N–H and O–H groups in total. The highest BCUT2D eigenvalue weighted by Gasteiger charge is 2.30. The summed E-state index contributed by atoms with van der Waals surface area (Å²) in [5, 5.41) is 0. The number of amides is 1. The van der Waals surface area contributed by atoms with E-state index in [2.05, 4.69) is 13.8 Å². The Labute approximate surface area is 124 Å². The summed E-state index contributed by atoms with van der Waals surface area (Å²) in [5.74, 6) is 0.660. The molecule has 0 saturated carbocycles. The third-order valence-electron chi connectivity index (χ3n) is 4.43. The van der Waals surface area contributed by atoms with Crippen LogP contribution in [0.4, 0.5) is 0 Å². The molecule has 0 aromatic rings. The minimum atomic E-state index is 0.151. The third kappa shape index (κ3) is 5.26. The molecule has 2 atom stereocenters. The van der Waals surface area contributed by atoms with Crippen LogP contribution >= 0.6 is 0 Å². The third-order valence-corrected chi connectivity index (χ3v) is 4.43. The van der Waals surface area contributed by atoms with Crippen LogP contribution in [-0.2, 0) is 9.59 Å². The van der Waals surface area contributed by atoms with Gasteiger partial charge in [-0.25, -0.2) is 0 Å². The van der Waals surface area contributed by atoms with E-state index in [-0.39, 0.29) is 17.7 Å². The van der Waals surface area contributed by atoms with Crippen molar-refractivity contribution in [1.29, 1.82) is 0 Å². The van der Waals surface area contributed by atoms with Crippen molar-refractivity contribution in [3.05, 3.63) is 0 Å². The van der Waals surface area contributed by atoms with E-state index in [9.17, 15) is 9.59 Å². The van der Waals surface area contributed by atoms with Gasteiger partial charge in [0.25, 0.3) is 0 Å². The van der Waals surface area contributed by atoms with Crippen LogP contribution in [0.2, 0.25) is 0 Å². The first-order valence-electron chi connectivity index (χ1n) is 8.40. The fraction of sp³-hybridized carbons (Fsp3) is 0.882. The van der Waals surface area contributed by atoms with E-state index in [1.807, 2.05) is 4.90 Å². The summed E-state index contributed by atoms with van der Waals surface area (Å²) in [7, 11) is 0. The fourth-order valence-electron chi connectivity index (χ4n) is 3.20. The average Bonchev–Trinajstić information content (AvgIpc) is 2.64. The van der Waals surface area contributed by atoms with Crippen molar-refractivity contribution >= 4 is 11.7 Å². The van der Waals surface area contributed by atoms with Crippen LogP contribution in [0, 0.1) is 5.92 Å². The summed E-state index contributed by atoms with van der Waals surface area (Å²) in [5.41, 5.74) is 0. The first-order chi connectivity index (χ1) is 9.60. The quantitative estimate of drug-likeness (QED) is 0.708. The Morgan fingerprint density at radius 3 is 2.55 bits per heavy atom. The Kier molecular flexibility index (Phi) is 7.86. The lowest BCUT2D eigenvalue weighted by Crippen LogP contribution is -2.44. The number of nitrogens with zero attached hydrogens (tertiary/aromatic N) is 1. The highest BCUT2D eigenvalue weighted by molar-refractivity contribution is 5.81. The van der Waals surface area contributed by atoms with Crippen molar-refractivity contribution in [1.82, 2.24) is 4.90 Å². The first-order valence-corrected chi connectivity index (χ1v) is 8.40. The van der Waals surface area contributed by atoms with Gasteiger partial charge in [0.1, 0.15) is 5.78 Å². The van der Waals surface area contributed by atoms with Gasteiger partial charge in [0.05, 0.1) is 0 Å². The predicted molar refractivity (Wildman–Crippen MR) is 82.6 cm³/mol. The lowest BCUT2D eigenvalue weighted by atomic mass is 9.95. The van der Waals surface area contributed by atoms with Crippen LogP contribution in [0.5, 0.6) is 0 Å². The normalized spacial score (nSPS) is 21.4. The van der Waals surface area contributed by atoms with Gasteiger partial charge in [0.15, 0.2) is 0 Å². The van der Waals surface area contributed by atoms with Gasteiger partial charge in [0.2, 0.25) is 5.91 Å². The van der Waals surface area contributed by atoms with Crippen molar-refractivity contribution in [2.75, 3.05) is 6.54 Å². The zero-order valence-corrected chi connectivity index (χ0v) is 13.5. The average molecular weight is 281 g/mol. The number of carbonyl (C=O) groups is 2. The Bertz CT molecular complexity index is 314. The molecule has 0 aromatic heterocycles. The Morgan fingerprint density at radius 1 is 1.20 bits per heavy atom. The van der Waals surface area contributed by atoms with Gasteiger partial charge in [0, 0.05) is 24.9 Å². The van der Waals surface area contributed by atoms with E-state index in [4.69, 9.17) is 0 Å². The molecule has 1 aliphatic rings. The maximum Gasteiger partial charge on any atom is 0.225 e. The molecule has 3 nitrogen and oxygen atoms in total. The van der Waals surface area contributed by atoms with Crippen molar-refractivity contribution in [3.8, 4) is 0 Å². The molecular formula is C17H31NO2. The van der Waals surface area contributed by atoms with Crippen molar-refractivity contribution in [2.45, 2.75) is 84.6 Å². The number of rotatable bonds is 7. The topological polar surface area (TPSA) is 37.4 Å². The minimum absolute atomic E-state index is 0.151. The largest absolute Gasteiger partial charge is 0.339 e. The van der Waals surface area contributed by atoms with Crippen LogP contribution in [0.25, 0.3) is 0 Å². The van der Waals surface area contributed by atoms with E-state index in [0.717, 1.165) is 51.5 Å². The molecule has 0 aromatic carbocycles. The number of likely N-dealkylation sites (tertiary alicyclic amines) is 1. The summed E-state index contributed by atoms with van der Waals surface area (Å²) in [6.07, 6.45) is 9.13. The summed E-state index contributed by atoms with van der Waals surface area (Å²) in [6.45, 7) is 6.76. The molecule has 0 aliphatic carbocycles. The monoisotopic (exact) mass is 281 g/mol. The van der Waals surface area contributed by atoms with Crippen molar-refractivity contribution in [2.24, 2.45) is 5.92 Å². The van der Waals surface area contributed by atoms with E-state index in [1.165, 1.54) is 6.42 Å². The summed E-state index contributed by atoms with van der Waals surface area (Å²) in [4.78, 5) is 26.3. The van der Waals surface area contributed by atoms with Crippen LogP contribution in [-0.4, -0.2) is 29.2 Å². The van der Waals surface area contributed by atoms with E-state index < -0.39 is 0 Å². The molecule has 20 heavy (non-hydrogen) atoms. The Hall–Kier alpha value is -0.860. The zero-order chi connectivity index (χ0) is 15.0. The van der Waals surface area contributed by atoms with Gasteiger partial charge >= 0.3 is 0 Å². The summed E-state index contributed by atoms with van der Waals surface area (Å²) < 4.78 is 0. The fourth-order valence-corrected chi connectivity index (χ4v) is 3.20. The lowest BCUT2D eigenvalue weighted by Gasteiger charge is -2.32. The second-order valence-corrected chi connectivity index (χ2v) is 6.19. The number of unbranched alkanes of at least 4 members (excludes halogenated alkanes) is 1. The molecule has 1 heterocycles. The predicted octanol–water partition coefficient (Wildman–Crippen LogP) is 3.95. The Morgan fingerprint density at radius 2 is 1.95 bits per heavy atom. The number of Topliss-reactive ketones (excluding diaryl/α,β-unsaturated/α-hetero) is 1. The van der Waals surface area contributed by atoms with Crippen LogP contribution < -0.4 is 0 Å². The molecule has 1 fully saturated rings. The smallest absolute Gasteiger partial charge is 0.225 e. The molecule has 1 aliphatic heterocycles. The van der Waals surface area contributed by atoms with Gasteiger partial charge in [-0.3, -0.25) is 9.59 Å². The highest BCUT2D eigenvalue weighted by atomic mass is 16.2. The number of carbonyl (C=O) groups excluding carboxylic acids is 2.